The van der Waals surface area contributed by atoms with E-state index in [0.717, 1.165) is 55.8 Å². The fourth-order valence-electron chi connectivity index (χ4n) is 5.83. The van der Waals surface area contributed by atoms with Crippen molar-refractivity contribution >= 4 is 33.5 Å². The van der Waals surface area contributed by atoms with Crippen molar-refractivity contribution in [1.82, 2.24) is 9.97 Å². The average Bonchev–Trinajstić information content (AvgIpc) is 3.15. The Morgan fingerprint density at radius 3 is 1.65 bits per heavy atom. The van der Waals surface area contributed by atoms with Gasteiger partial charge in [0.2, 0.25) is 0 Å². The number of hydrogen-bond acceptors (Lipinski definition) is 8. The molecule has 0 bridgehead atoms. The van der Waals surface area contributed by atoms with Crippen molar-refractivity contribution in [2.75, 3.05) is 20.3 Å². The van der Waals surface area contributed by atoms with Crippen LogP contribution in [0.4, 0.5) is 0 Å². The molecule has 0 aliphatic rings. The highest BCUT2D eigenvalue weighted by Crippen LogP contribution is 2.37. The molecule has 49 heavy (non-hydrogen) atoms. The van der Waals surface area contributed by atoms with E-state index in [1.54, 1.807) is 0 Å². The summed E-state index contributed by atoms with van der Waals surface area (Å²) in [4.78, 5) is 20.9. The molecule has 0 aliphatic heterocycles. The Balaban J connectivity index is 1.16. The van der Waals surface area contributed by atoms with Gasteiger partial charge in [-0.15, -0.1) is 0 Å². The van der Waals surface area contributed by atoms with Gasteiger partial charge in [0.1, 0.15) is 24.7 Å². The fourth-order valence-corrected chi connectivity index (χ4v) is 5.83. The summed E-state index contributed by atoms with van der Waals surface area (Å²) in [5, 5.41) is 11.0. The van der Waals surface area contributed by atoms with Crippen molar-refractivity contribution in [1.29, 1.82) is 5.41 Å². The lowest BCUT2D eigenvalue weighted by Crippen LogP contribution is -2.29. The summed E-state index contributed by atoms with van der Waals surface area (Å²) in [6.45, 7) is 3.14. The number of aromatic nitrogens is 2. The molecule has 0 spiro atoms. The Labute approximate surface area is 286 Å². The third kappa shape index (κ3) is 8.47. The molecule has 2 aromatic heterocycles. The number of carbonyl (C=O) groups excluding carboxylic acids is 1. The maximum Gasteiger partial charge on any atom is 0.307 e. The first-order valence-electron chi connectivity index (χ1n) is 16.3. The van der Waals surface area contributed by atoms with Gasteiger partial charge in [0.05, 0.1) is 49.2 Å². The zero-order chi connectivity index (χ0) is 34.1. The first-order chi connectivity index (χ1) is 23.9. The van der Waals surface area contributed by atoms with Gasteiger partial charge in [-0.2, -0.15) is 0 Å². The maximum absolute atomic E-state index is 11.5. The van der Waals surface area contributed by atoms with Gasteiger partial charge in [-0.3, -0.25) is 4.79 Å². The van der Waals surface area contributed by atoms with E-state index in [4.69, 9.17) is 34.3 Å². The first-order valence-corrected chi connectivity index (χ1v) is 16.3. The number of nitrogens with zero attached hydrogens (tertiary/aromatic N) is 2. The van der Waals surface area contributed by atoms with Crippen LogP contribution in [0.25, 0.3) is 21.8 Å². The van der Waals surface area contributed by atoms with E-state index in [9.17, 15) is 4.79 Å². The molecule has 0 unspecified atom stereocenters. The molecule has 6 aromatic rings. The summed E-state index contributed by atoms with van der Waals surface area (Å²) in [5.41, 5.74) is 5.49. The Morgan fingerprint density at radius 2 is 1.16 bits per heavy atom. The molecule has 0 amide bonds. The lowest BCUT2D eigenvalue weighted by molar-refractivity contribution is -0.141. The van der Waals surface area contributed by atoms with Gasteiger partial charge in [-0.05, 0) is 59.7 Å². The van der Waals surface area contributed by atoms with Crippen LogP contribution in [0.2, 0.25) is 0 Å². The minimum absolute atomic E-state index is 0.118. The van der Waals surface area contributed by atoms with E-state index in [0.29, 0.717) is 25.3 Å². The SMILES string of the molecule is COC(=O)CCOCC(=N)CC(C)(c1ccc(OCc2ccc3ccccc3n2)cc1)c1ccc(OCc2ccc3ccccc3n2)cc1. The number of esters is 1. The predicted octanol–water partition coefficient (Wildman–Crippen LogP) is 8.24. The Hall–Kier alpha value is -5.60. The Kier molecular flexibility index (Phi) is 10.6. The second-order valence-corrected chi connectivity index (χ2v) is 12.1. The minimum atomic E-state index is -0.556. The van der Waals surface area contributed by atoms with Crippen molar-refractivity contribution in [2.24, 2.45) is 0 Å². The molecule has 0 fully saturated rings. The minimum Gasteiger partial charge on any atom is -0.487 e. The number of pyridine rings is 2. The molecule has 248 valence electrons. The Bertz CT molecular complexity index is 1920. The van der Waals surface area contributed by atoms with Crippen LogP contribution in [0.3, 0.4) is 0 Å². The lowest BCUT2D eigenvalue weighted by Gasteiger charge is -2.32. The number of para-hydroxylation sites is 2. The van der Waals surface area contributed by atoms with Crippen LogP contribution in [-0.2, 0) is 32.9 Å². The molecular weight excluding hydrogens is 614 g/mol. The summed E-state index contributed by atoms with van der Waals surface area (Å²) in [7, 11) is 1.35. The van der Waals surface area contributed by atoms with Gasteiger partial charge in [0, 0.05) is 28.3 Å². The third-order valence-electron chi connectivity index (χ3n) is 8.59. The number of rotatable bonds is 15. The number of ether oxygens (including phenoxy) is 4. The van der Waals surface area contributed by atoms with Crippen LogP contribution in [0.5, 0.6) is 11.5 Å². The van der Waals surface area contributed by atoms with Crippen LogP contribution in [0, 0.1) is 5.41 Å². The second-order valence-electron chi connectivity index (χ2n) is 12.1. The molecule has 0 saturated heterocycles. The van der Waals surface area contributed by atoms with E-state index in [1.807, 2.05) is 109 Å². The Morgan fingerprint density at radius 1 is 0.673 bits per heavy atom. The van der Waals surface area contributed by atoms with Gasteiger partial charge in [-0.25, -0.2) is 9.97 Å². The fraction of sp³-hybridized carbons (Fsp3) is 0.220. The van der Waals surface area contributed by atoms with Gasteiger partial charge < -0.3 is 24.4 Å². The van der Waals surface area contributed by atoms with Gasteiger partial charge in [-0.1, -0.05) is 79.7 Å². The molecule has 0 atom stereocenters. The molecule has 1 N–H and O–H groups in total. The number of nitrogens with one attached hydrogen (secondary N) is 1. The summed E-state index contributed by atoms with van der Waals surface area (Å²) in [6, 6.07) is 40.1. The first kappa shape index (κ1) is 33.3. The standard InChI is InChI=1S/C41H39N3O5/c1-41(25-33(42)26-47-24-23-40(45)46-2,31-13-19-36(20-14-31)48-27-34-17-11-29-7-3-5-9-38(29)43-34)32-15-21-37(22-16-32)49-28-35-18-12-30-8-4-6-10-39(30)44-35/h3-22,42H,23-28H2,1-2H3. The summed E-state index contributed by atoms with van der Waals surface area (Å²) in [6.07, 6.45) is 0.557. The monoisotopic (exact) mass is 653 g/mol. The molecule has 6 rings (SSSR count). The topological polar surface area (TPSA) is 104 Å². The van der Waals surface area contributed by atoms with E-state index in [-0.39, 0.29) is 25.6 Å². The third-order valence-corrected chi connectivity index (χ3v) is 8.59. The molecule has 0 radical (unpaired) electrons. The number of carbonyl (C=O) groups is 1. The maximum atomic E-state index is 11.5. The van der Waals surface area contributed by atoms with Crippen LogP contribution in [-0.4, -0.2) is 42.0 Å². The van der Waals surface area contributed by atoms with Crippen LogP contribution >= 0.6 is 0 Å². The molecule has 8 heteroatoms. The smallest absolute Gasteiger partial charge is 0.307 e. The number of benzene rings is 4. The predicted molar refractivity (Wildman–Crippen MR) is 191 cm³/mol. The highest BCUT2D eigenvalue weighted by atomic mass is 16.5. The zero-order valence-electron chi connectivity index (χ0n) is 27.7. The highest BCUT2D eigenvalue weighted by molar-refractivity contribution is 5.85. The number of hydrogen-bond donors (Lipinski definition) is 1. The molecule has 2 heterocycles. The van der Waals surface area contributed by atoms with E-state index in [1.165, 1.54) is 7.11 Å². The second kappa shape index (κ2) is 15.5. The van der Waals surface area contributed by atoms with E-state index >= 15 is 0 Å². The van der Waals surface area contributed by atoms with Crippen LogP contribution in [0.15, 0.2) is 121 Å². The van der Waals surface area contributed by atoms with E-state index < -0.39 is 5.41 Å². The van der Waals surface area contributed by atoms with Crippen molar-refractivity contribution in [3.8, 4) is 11.5 Å². The quantitative estimate of drug-likeness (QED) is 0.0676. The summed E-state index contributed by atoms with van der Waals surface area (Å²) < 4.78 is 22.6. The summed E-state index contributed by atoms with van der Waals surface area (Å²) >= 11 is 0. The average molecular weight is 654 g/mol. The normalized spacial score (nSPS) is 11.4. The number of fused-ring (bicyclic) bond motifs is 2. The van der Waals surface area contributed by atoms with Gasteiger partial charge >= 0.3 is 5.97 Å². The lowest BCUT2D eigenvalue weighted by atomic mass is 9.72. The van der Waals surface area contributed by atoms with Crippen LogP contribution in [0.1, 0.15) is 42.3 Å². The largest absolute Gasteiger partial charge is 0.487 e. The van der Waals surface area contributed by atoms with Crippen molar-refractivity contribution < 1.29 is 23.7 Å². The summed E-state index contributed by atoms with van der Waals surface area (Å²) in [5.74, 6) is 1.12. The van der Waals surface area contributed by atoms with Crippen molar-refractivity contribution in [2.45, 2.75) is 38.4 Å². The zero-order valence-corrected chi connectivity index (χ0v) is 27.7. The highest BCUT2D eigenvalue weighted by Gasteiger charge is 2.31. The van der Waals surface area contributed by atoms with Gasteiger partial charge in [0.25, 0.3) is 0 Å². The molecule has 4 aromatic carbocycles. The van der Waals surface area contributed by atoms with E-state index in [2.05, 4.69) is 19.1 Å². The molecule has 8 nitrogen and oxygen atoms in total. The van der Waals surface area contributed by atoms with Gasteiger partial charge in [0.15, 0.2) is 0 Å². The molecule has 0 saturated carbocycles. The van der Waals surface area contributed by atoms with Crippen molar-refractivity contribution in [3.63, 3.8) is 0 Å². The molecular formula is C41H39N3O5. The van der Waals surface area contributed by atoms with Crippen molar-refractivity contribution in [3.05, 3.63) is 144 Å². The number of methoxy groups -OCH3 is 1. The molecule has 0 aliphatic carbocycles. The van der Waals surface area contributed by atoms with Crippen LogP contribution < -0.4 is 9.47 Å².